The fourth-order valence-corrected chi connectivity index (χ4v) is 2.28. The Morgan fingerprint density at radius 1 is 0.765 bits per heavy atom. The largest absolute Gasteiger partial charge is 0.348 e. The predicted molar refractivity (Wildman–Crippen MR) is 74.4 cm³/mol. The third-order valence-corrected chi connectivity index (χ3v) is 3.33. The van der Waals surface area contributed by atoms with E-state index in [9.17, 15) is 0 Å². The Morgan fingerprint density at radius 2 is 1.47 bits per heavy atom. The summed E-state index contributed by atoms with van der Waals surface area (Å²) >= 11 is 0. The van der Waals surface area contributed by atoms with E-state index in [1.54, 1.807) is 0 Å². The summed E-state index contributed by atoms with van der Waals surface area (Å²) in [5, 5.41) is 5.32. The Labute approximate surface area is 102 Å². The van der Waals surface area contributed by atoms with Crippen molar-refractivity contribution < 1.29 is 0 Å². The van der Waals surface area contributed by atoms with Crippen molar-refractivity contribution >= 4 is 21.5 Å². The van der Waals surface area contributed by atoms with Crippen LogP contribution in [0.15, 0.2) is 48.8 Å². The highest BCUT2D eigenvalue weighted by atomic mass is 15.0. The van der Waals surface area contributed by atoms with Gasteiger partial charge in [-0.05, 0) is 36.9 Å². The van der Waals surface area contributed by atoms with Crippen LogP contribution in [0.5, 0.6) is 0 Å². The Morgan fingerprint density at radius 3 is 2.24 bits per heavy atom. The number of nitrogens with zero attached hydrogens (tertiary/aromatic N) is 1. The molecule has 0 aliphatic carbocycles. The molecule has 0 N–H and O–H groups in total. The number of aromatic nitrogens is 1. The van der Waals surface area contributed by atoms with Gasteiger partial charge in [0, 0.05) is 23.3 Å². The second-order valence-electron chi connectivity index (χ2n) is 5.63. The molecule has 0 spiro atoms. The third kappa shape index (κ3) is 1.62. The van der Waals surface area contributed by atoms with E-state index in [1.165, 1.54) is 21.5 Å². The lowest BCUT2D eigenvalue weighted by molar-refractivity contribution is 0.400. The van der Waals surface area contributed by atoms with Crippen molar-refractivity contribution in [2.45, 2.75) is 26.3 Å². The Kier molecular flexibility index (Phi) is 2.06. The summed E-state index contributed by atoms with van der Waals surface area (Å²) in [6.45, 7) is 6.69. The van der Waals surface area contributed by atoms with Gasteiger partial charge in [0.15, 0.2) is 0 Å². The maximum Gasteiger partial charge on any atom is 0.0356 e. The van der Waals surface area contributed by atoms with Crippen LogP contribution in [0.1, 0.15) is 20.8 Å². The number of hydrogen-bond donors (Lipinski definition) is 0. The molecule has 0 radical (unpaired) electrons. The van der Waals surface area contributed by atoms with Gasteiger partial charge in [-0.15, -0.1) is 0 Å². The Balaban J connectivity index is 2.39. The third-order valence-electron chi connectivity index (χ3n) is 3.33. The van der Waals surface area contributed by atoms with E-state index in [0.717, 1.165) is 0 Å². The van der Waals surface area contributed by atoms with Crippen LogP contribution in [0.25, 0.3) is 21.5 Å². The minimum Gasteiger partial charge on any atom is -0.348 e. The minimum absolute atomic E-state index is 0.139. The molecule has 0 atom stereocenters. The molecule has 1 heteroatoms. The van der Waals surface area contributed by atoms with E-state index in [1.807, 2.05) is 0 Å². The maximum absolute atomic E-state index is 2.30. The smallest absolute Gasteiger partial charge is 0.0356 e. The molecule has 0 bridgehead atoms. The van der Waals surface area contributed by atoms with Crippen LogP contribution in [-0.2, 0) is 5.54 Å². The second kappa shape index (κ2) is 3.36. The Hall–Kier alpha value is -1.76. The van der Waals surface area contributed by atoms with E-state index >= 15 is 0 Å². The summed E-state index contributed by atoms with van der Waals surface area (Å²) in [6.07, 6.45) is 4.50. The van der Waals surface area contributed by atoms with Crippen LogP contribution in [0.4, 0.5) is 0 Å². The molecule has 0 aliphatic heterocycles. The summed E-state index contributed by atoms with van der Waals surface area (Å²) in [5.41, 5.74) is 0.139. The van der Waals surface area contributed by atoms with Gasteiger partial charge in [0.1, 0.15) is 0 Å². The monoisotopic (exact) mass is 223 g/mol. The number of fused-ring (bicyclic) bond motifs is 3. The van der Waals surface area contributed by atoms with E-state index in [4.69, 9.17) is 0 Å². The average Bonchev–Trinajstić information content (AvgIpc) is 2.72. The molecule has 1 nitrogen and oxygen atoms in total. The van der Waals surface area contributed by atoms with Gasteiger partial charge in [0.05, 0.1) is 0 Å². The number of hydrogen-bond acceptors (Lipinski definition) is 0. The lowest BCUT2D eigenvalue weighted by Gasteiger charge is -2.20. The molecular weight excluding hydrogens is 206 g/mol. The van der Waals surface area contributed by atoms with Crippen LogP contribution in [0.3, 0.4) is 0 Å². The van der Waals surface area contributed by atoms with Crippen LogP contribution in [-0.4, -0.2) is 4.57 Å². The molecule has 1 heterocycles. The fourth-order valence-electron chi connectivity index (χ4n) is 2.28. The van der Waals surface area contributed by atoms with E-state index in [0.29, 0.717) is 0 Å². The summed E-state index contributed by atoms with van der Waals surface area (Å²) < 4.78 is 2.30. The highest BCUT2D eigenvalue weighted by Gasteiger charge is 2.13. The second-order valence-corrected chi connectivity index (χ2v) is 5.63. The van der Waals surface area contributed by atoms with Crippen molar-refractivity contribution in [1.82, 2.24) is 4.57 Å². The molecule has 0 saturated carbocycles. The van der Waals surface area contributed by atoms with Gasteiger partial charge in [0.2, 0.25) is 0 Å². The first kappa shape index (κ1) is 10.4. The standard InChI is InChI=1S/C16H17N/c1-16(2,3)17-10-13-9-8-12-6-4-5-7-14(12)15(13)11-17/h4-11H,1-3H3. The van der Waals surface area contributed by atoms with Crippen molar-refractivity contribution in [3.05, 3.63) is 48.8 Å². The first-order valence-electron chi connectivity index (χ1n) is 6.06. The molecule has 2 aromatic carbocycles. The zero-order valence-electron chi connectivity index (χ0n) is 10.6. The molecule has 1 aromatic heterocycles. The van der Waals surface area contributed by atoms with Gasteiger partial charge in [0.25, 0.3) is 0 Å². The van der Waals surface area contributed by atoms with Crippen LogP contribution >= 0.6 is 0 Å². The average molecular weight is 223 g/mol. The molecule has 0 aliphatic rings. The molecule has 0 fully saturated rings. The lowest BCUT2D eigenvalue weighted by atomic mass is 10.1. The van der Waals surface area contributed by atoms with Crippen LogP contribution in [0.2, 0.25) is 0 Å². The predicted octanol–water partition coefficient (Wildman–Crippen LogP) is 4.55. The number of benzene rings is 2. The SMILES string of the molecule is CC(C)(C)n1cc2ccc3ccccc3c2c1. The van der Waals surface area contributed by atoms with Crippen LogP contribution in [0, 0.1) is 0 Å². The summed E-state index contributed by atoms with van der Waals surface area (Å²) in [6, 6.07) is 13.0. The normalized spacial score (nSPS) is 12.4. The van der Waals surface area contributed by atoms with Gasteiger partial charge >= 0.3 is 0 Å². The molecule has 0 saturated heterocycles. The first-order chi connectivity index (χ1) is 8.05. The lowest BCUT2D eigenvalue weighted by Crippen LogP contribution is -2.19. The van der Waals surface area contributed by atoms with Crippen molar-refractivity contribution in [1.29, 1.82) is 0 Å². The van der Waals surface area contributed by atoms with Crippen molar-refractivity contribution in [3.8, 4) is 0 Å². The van der Waals surface area contributed by atoms with Crippen molar-refractivity contribution in [2.24, 2.45) is 0 Å². The highest BCUT2D eigenvalue weighted by Crippen LogP contribution is 2.28. The van der Waals surface area contributed by atoms with E-state index < -0.39 is 0 Å². The van der Waals surface area contributed by atoms with Gasteiger partial charge in [-0.1, -0.05) is 36.4 Å². The van der Waals surface area contributed by atoms with Crippen molar-refractivity contribution in [2.75, 3.05) is 0 Å². The molecule has 3 rings (SSSR count). The fraction of sp³-hybridized carbons (Fsp3) is 0.250. The summed E-state index contributed by atoms with van der Waals surface area (Å²) in [4.78, 5) is 0. The highest BCUT2D eigenvalue weighted by molar-refractivity contribution is 6.07. The quantitative estimate of drug-likeness (QED) is 0.527. The maximum atomic E-state index is 2.30. The van der Waals surface area contributed by atoms with Gasteiger partial charge in [-0.25, -0.2) is 0 Å². The summed E-state index contributed by atoms with van der Waals surface area (Å²) in [5.74, 6) is 0. The first-order valence-corrected chi connectivity index (χ1v) is 6.06. The van der Waals surface area contributed by atoms with Gasteiger partial charge in [-0.3, -0.25) is 0 Å². The van der Waals surface area contributed by atoms with Crippen LogP contribution < -0.4 is 0 Å². The molecule has 0 unspecified atom stereocenters. The van der Waals surface area contributed by atoms with Gasteiger partial charge < -0.3 is 4.57 Å². The van der Waals surface area contributed by atoms with Crippen molar-refractivity contribution in [3.63, 3.8) is 0 Å². The molecule has 17 heavy (non-hydrogen) atoms. The summed E-state index contributed by atoms with van der Waals surface area (Å²) in [7, 11) is 0. The zero-order chi connectivity index (χ0) is 12.0. The molecule has 3 aromatic rings. The minimum atomic E-state index is 0.139. The number of rotatable bonds is 0. The molecular formula is C16H17N. The van der Waals surface area contributed by atoms with E-state index in [2.05, 4.69) is 74.1 Å². The molecule has 86 valence electrons. The topological polar surface area (TPSA) is 4.93 Å². The molecule has 0 amide bonds. The zero-order valence-corrected chi connectivity index (χ0v) is 10.6. The van der Waals surface area contributed by atoms with Gasteiger partial charge in [-0.2, -0.15) is 0 Å². The van der Waals surface area contributed by atoms with E-state index in [-0.39, 0.29) is 5.54 Å². The Bertz CT molecular complexity index is 683.